The van der Waals surface area contributed by atoms with Gasteiger partial charge in [0.2, 0.25) is 5.91 Å². The number of rotatable bonds is 3. The van der Waals surface area contributed by atoms with Crippen molar-refractivity contribution in [3.8, 4) is 6.07 Å². The van der Waals surface area contributed by atoms with Crippen LogP contribution in [0.25, 0.3) is 17.0 Å². The lowest BCUT2D eigenvalue weighted by atomic mass is 9.73. The molecule has 1 aromatic heterocycles. The summed E-state index contributed by atoms with van der Waals surface area (Å²) in [7, 11) is 3.97. The lowest BCUT2D eigenvalue weighted by Crippen LogP contribution is -2.64. The summed E-state index contributed by atoms with van der Waals surface area (Å²) in [6, 6.07) is 3.89. The summed E-state index contributed by atoms with van der Waals surface area (Å²) in [6.45, 7) is 1.32. The number of pyridine rings is 1. The number of nitrogens with one attached hydrogen (secondary N) is 1. The molecule has 0 unspecified atom stereocenters. The Labute approximate surface area is 197 Å². The monoisotopic (exact) mass is 514 g/mol. The van der Waals surface area contributed by atoms with Gasteiger partial charge in [-0.3, -0.25) is 4.79 Å². The van der Waals surface area contributed by atoms with Crippen LogP contribution in [0.3, 0.4) is 0 Å². The zero-order chi connectivity index (χ0) is 23.7. The number of nitrogens with zero attached hydrogens (tertiary/aromatic N) is 5. The maximum atomic E-state index is 15.5. The highest BCUT2D eigenvalue weighted by atomic mass is 79.9. The lowest BCUT2D eigenvalue weighted by molar-refractivity contribution is -0.125. The number of benzene rings is 1. The molecule has 11 heteroatoms. The number of carboxylic acid groups (broad SMARTS) is 1. The number of carbonyl (C=O) groups is 2. The van der Waals surface area contributed by atoms with Crippen LogP contribution in [0.5, 0.6) is 0 Å². The fourth-order valence-electron chi connectivity index (χ4n) is 4.78. The molecule has 2 saturated heterocycles. The molecule has 0 aliphatic carbocycles. The van der Waals surface area contributed by atoms with E-state index in [2.05, 4.69) is 31.1 Å². The van der Waals surface area contributed by atoms with Gasteiger partial charge in [-0.05, 0) is 47.7 Å². The molecule has 33 heavy (non-hydrogen) atoms. The molecule has 0 atom stereocenters. The third-order valence-corrected chi connectivity index (χ3v) is 7.55. The standard InChI is InChI=1S/C22H20BrFN6O3/c1-28(2)12-7-29(8-12)19-18-14(22(20(31)27-18)9-30(10-22)21(32)33)13-6-11(4-3-5-25)15(23)16(24)17(13)26-19/h3-4,6,12H,7-10H2,1-2H3,(H,27,31)(H,32,33)/b4-3+. The maximum absolute atomic E-state index is 15.5. The number of hydrogen-bond donors (Lipinski definition) is 2. The zero-order valence-corrected chi connectivity index (χ0v) is 19.5. The summed E-state index contributed by atoms with van der Waals surface area (Å²) in [6.07, 6.45) is 1.61. The van der Waals surface area contributed by atoms with E-state index < -0.39 is 17.3 Å². The first-order valence-corrected chi connectivity index (χ1v) is 11.1. The Balaban J connectivity index is 1.74. The number of amides is 2. The van der Waals surface area contributed by atoms with Gasteiger partial charge in [-0.1, -0.05) is 0 Å². The van der Waals surface area contributed by atoms with Crippen molar-refractivity contribution < 1.29 is 19.1 Å². The lowest BCUT2D eigenvalue weighted by Gasteiger charge is -2.46. The van der Waals surface area contributed by atoms with Crippen LogP contribution >= 0.6 is 15.9 Å². The molecule has 4 heterocycles. The van der Waals surface area contributed by atoms with Gasteiger partial charge in [-0.15, -0.1) is 0 Å². The first-order valence-electron chi connectivity index (χ1n) is 10.3. The van der Waals surface area contributed by atoms with E-state index in [1.807, 2.05) is 25.1 Å². The maximum Gasteiger partial charge on any atom is 0.407 e. The van der Waals surface area contributed by atoms with Crippen molar-refractivity contribution >= 4 is 56.4 Å². The Hall–Kier alpha value is -3.23. The fourth-order valence-corrected chi connectivity index (χ4v) is 5.22. The Morgan fingerprint density at radius 2 is 2.15 bits per heavy atom. The van der Waals surface area contributed by atoms with E-state index in [4.69, 9.17) is 5.26 Å². The van der Waals surface area contributed by atoms with Crippen LogP contribution in [0.4, 0.5) is 20.7 Å². The molecule has 3 aliphatic heterocycles. The fraction of sp³-hybridized carbons (Fsp3) is 0.364. The molecule has 0 bridgehead atoms. The smallest absolute Gasteiger partial charge is 0.407 e. The minimum atomic E-state index is -1.11. The van der Waals surface area contributed by atoms with Crippen LogP contribution in [-0.4, -0.2) is 78.2 Å². The second-order valence-corrected chi connectivity index (χ2v) is 9.63. The van der Waals surface area contributed by atoms with Crippen LogP contribution in [0.2, 0.25) is 0 Å². The van der Waals surface area contributed by atoms with Crippen molar-refractivity contribution in [3.05, 3.63) is 33.6 Å². The number of aromatic nitrogens is 1. The number of nitriles is 1. The Morgan fingerprint density at radius 1 is 1.45 bits per heavy atom. The SMILES string of the molecule is CN(C)C1CN(c2nc3c(F)c(Br)c(/C=C/C#N)cc3c3c2NC(=O)C32CN(C(=O)O)C2)C1. The molecular weight excluding hydrogens is 495 g/mol. The number of carbonyl (C=O) groups excluding carboxylic acids is 1. The number of likely N-dealkylation sites (N-methyl/N-ethyl adjacent to an activating group) is 1. The van der Waals surface area contributed by atoms with Gasteiger partial charge in [-0.2, -0.15) is 5.26 Å². The van der Waals surface area contributed by atoms with Gasteiger partial charge >= 0.3 is 6.09 Å². The Bertz CT molecular complexity index is 1290. The van der Waals surface area contributed by atoms with Crippen LogP contribution in [0.15, 0.2) is 16.6 Å². The highest BCUT2D eigenvalue weighted by Gasteiger charge is 2.59. The van der Waals surface area contributed by atoms with E-state index in [1.54, 1.807) is 6.07 Å². The van der Waals surface area contributed by atoms with Gasteiger partial charge in [0.25, 0.3) is 0 Å². The molecule has 170 valence electrons. The third-order valence-electron chi connectivity index (χ3n) is 6.74. The van der Waals surface area contributed by atoms with Crippen LogP contribution in [-0.2, 0) is 10.2 Å². The van der Waals surface area contributed by atoms with Crippen LogP contribution in [0, 0.1) is 17.1 Å². The molecule has 2 fully saturated rings. The normalized spacial score (nSPS) is 19.1. The average Bonchev–Trinajstić information content (AvgIpc) is 3.00. The Kier molecular flexibility index (Phi) is 4.84. The molecule has 0 radical (unpaired) electrons. The van der Waals surface area contributed by atoms with E-state index >= 15 is 4.39 Å². The van der Waals surface area contributed by atoms with Crippen LogP contribution in [0.1, 0.15) is 11.1 Å². The minimum Gasteiger partial charge on any atom is -0.465 e. The van der Waals surface area contributed by atoms with E-state index in [0.717, 1.165) is 4.90 Å². The largest absolute Gasteiger partial charge is 0.465 e. The zero-order valence-electron chi connectivity index (χ0n) is 17.9. The summed E-state index contributed by atoms with van der Waals surface area (Å²) in [5.41, 5.74) is 0.496. The second-order valence-electron chi connectivity index (χ2n) is 8.84. The van der Waals surface area contributed by atoms with Crippen molar-refractivity contribution in [2.45, 2.75) is 11.5 Å². The number of fused-ring (bicyclic) bond motifs is 4. The molecule has 0 saturated carbocycles. The molecule has 1 spiro atoms. The number of hydrogen-bond acceptors (Lipinski definition) is 6. The van der Waals surface area contributed by atoms with Crippen LogP contribution < -0.4 is 10.2 Å². The second kappa shape index (κ2) is 7.40. The van der Waals surface area contributed by atoms with Crippen molar-refractivity contribution in [3.63, 3.8) is 0 Å². The minimum absolute atomic E-state index is 0.0128. The van der Waals surface area contributed by atoms with Gasteiger partial charge < -0.3 is 25.1 Å². The highest BCUT2D eigenvalue weighted by molar-refractivity contribution is 9.10. The van der Waals surface area contributed by atoms with Gasteiger partial charge in [0.1, 0.15) is 10.9 Å². The summed E-state index contributed by atoms with van der Waals surface area (Å²) < 4.78 is 15.7. The molecule has 2 N–H and O–H groups in total. The van der Waals surface area contributed by atoms with Crippen molar-refractivity contribution in [2.75, 3.05) is 50.5 Å². The Morgan fingerprint density at radius 3 is 2.76 bits per heavy atom. The summed E-state index contributed by atoms with van der Waals surface area (Å²) in [4.78, 5) is 34.5. The van der Waals surface area contributed by atoms with E-state index in [9.17, 15) is 14.7 Å². The quantitative estimate of drug-likeness (QED) is 0.605. The van der Waals surface area contributed by atoms with E-state index in [1.165, 1.54) is 12.2 Å². The van der Waals surface area contributed by atoms with Gasteiger partial charge in [0.05, 0.1) is 16.2 Å². The molecule has 5 rings (SSSR count). The number of anilines is 2. The van der Waals surface area contributed by atoms with Crippen molar-refractivity contribution in [2.24, 2.45) is 0 Å². The third kappa shape index (κ3) is 3.01. The topological polar surface area (TPSA) is 113 Å². The van der Waals surface area contributed by atoms with Crippen molar-refractivity contribution in [1.29, 1.82) is 5.26 Å². The van der Waals surface area contributed by atoms with Gasteiger partial charge in [0, 0.05) is 49.2 Å². The summed E-state index contributed by atoms with van der Waals surface area (Å²) >= 11 is 3.27. The van der Waals surface area contributed by atoms with E-state index in [0.29, 0.717) is 47.1 Å². The summed E-state index contributed by atoms with van der Waals surface area (Å²) in [5.74, 6) is -0.420. The molecule has 2 aromatic rings. The average molecular weight is 515 g/mol. The predicted octanol–water partition coefficient (Wildman–Crippen LogP) is 2.61. The molecular formula is C22H20BrFN6O3. The molecule has 3 aliphatic rings. The van der Waals surface area contributed by atoms with Crippen molar-refractivity contribution in [1.82, 2.24) is 14.8 Å². The molecule has 2 amide bonds. The first-order chi connectivity index (χ1) is 15.7. The number of allylic oxidation sites excluding steroid dienone is 1. The summed E-state index contributed by atoms with van der Waals surface area (Å²) in [5, 5.41) is 21.6. The van der Waals surface area contributed by atoms with Gasteiger partial charge in [-0.25, -0.2) is 14.2 Å². The number of halogens is 2. The number of likely N-dealkylation sites (tertiary alicyclic amines) is 1. The van der Waals surface area contributed by atoms with Gasteiger partial charge in [0.15, 0.2) is 11.6 Å². The highest BCUT2D eigenvalue weighted by Crippen LogP contribution is 2.52. The predicted molar refractivity (Wildman–Crippen MR) is 124 cm³/mol. The molecule has 1 aromatic carbocycles. The van der Waals surface area contributed by atoms with E-state index in [-0.39, 0.29) is 29.0 Å². The molecule has 9 nitrogen and oxygen atoms in total. The first kappa shape index (κ1) is 21.6.